The number of rotatable bonds is 5. The van der Waals surface area contributed by atoms with Crippen molar-refractivity contribution in [2.45, 2.75) is 6.92 Å². The van der Waals surface area contributed by atoms with Crippen molar-refractivity contribution in [3.05, 3.63) is 28.8 Å². The topological polar surface area (TPSA) is 114 Å². The molecule has 0 saturated carbocycles. The largest absolute Gasteiger partial charge is 0.454 e. The van der Waals surface area contributed by atoms with Crippen molar-refractivity contribution >= 4 is 34.8 Å². The van der Waals surface area contributed by atoms with Gasteiger partial charge in [-0.2, -0.15) is 0 Å². The summed E-state index contributed by atoms with van der Waals surface area (Å²) in [6, 6.07) is 3.19. The first kappa shape index (κ1) is 19.3. The second kappa shape index (κ2) is 8.13. The zero-order chi connectivity index (χ0) is 20.4. The number of carbonyl (C=O) groups excluding carboxylic acids is 3. The molecular formula is C18H19N5O5S. The molecule has 0 radical (unpaired) electrons. The van der Waals surface area contributed by atoms with Gasteiger partial charge in [0.05, 0.1) is 12.2 Å². The van der Waals surface area contributed by atoms with Crippen molar-refractivity contribution in [3.8, 4) is 11.5 Å². The highest BCUT2D eigenvalue weighted by atomic mass is 32.1. The third kappa shape index (κ3) is 4.20. The van der Waals surface area contributed by atoms with Gasteiger partial charge in [0.2, 0.25) is 12.7 Å². The van der Waals surface area contributed by atoms with Crippen molar-refractivity contribution in [2.75, 3.05) is 44.8 Å². The lowest BCUT2D eigenvalue weighted by Gasteiger charge is -2.33. The van der Waals surface area contributed by atoms with Crippen LogP contribution in [0.1, 0.15) is 27.8 Å². The van der Waals surface area contributed by atoms with Crippen molar-refractivity contribution in [2.24, 2.45) is 0 Å². The summed E-state index contributed by atoms with van der Waals surface area (Å²) >= 11 is 1.14. The molecule has 0 spiro atoms. The lowest BCUT2D eigenvalue weighted by atomic mass is 10.1. The number of hydrogen-bond donors (Lipinski definition) is 1. The fourth-order valence-electron chi connectivity index (χ4n) is 3.26. The summed E-state index contributed by atoms with van der Waals surface area (Å²) in [4.78, 5) is 40.4. The number of anilines is 1. The first-order chi connectivity index (χ1) is 14.0. The molecule has 10 nitrogen and oxygen atoms in total. The Morgan fingerprint density at radius 1 is 1.14 bits per heavy atom. The minimum absolute atomic E-state index is 0.0873. The van der Waals surface area contributed by atoms with Gasteiger partial charge < -0.3 is 19.7 Å². The van der Waals surface area contributed by atoms with Crippen LogP contribution in [0.15, 0.2) is 17.5 Å². The molecule has 1 aromatic carbocycles. The molecule has 2 amide bonds. The number of carbonyl (C=O) groups is 3. The van der Waals surface area contributed by atoms with Crippen molar-refractivity contribution in [1.29, 1.82) is 0 Å². The molecule has 0 unspecified atom stereocenters. The summed E-state index contributed by atoms with van der Waals surface area (Å²) in [6.45, 7) is 3.82. The quantitative estimate of drug-likeness (QED) is 0.713. The average molecular weight is 417 g/mol. The highest BCUT2D eigenvalue weighted by molar-refractivity contribution is 7.03. The van der Waals surface area contributed by atoms with Crippen LogP contribution in [0, 0.1) is 0 Å². The van der Waals surface area contributed by atoms with E-state index in [0.29, 0.717) is 54.6 Å². The number of nitrogens with one attached hydrogen (secondary N) is 1. The van der Waals surface area contributed by atoms with Gasteiger partial charge in [-0.3, -0.25) is 19.3 Å². The van der Waals surface area contributed by atoms with Gasteiger partial charge in [-0.05, 0) is 24.5 Å². The molecule has 0 atom stereocenters. The second-order valence-corrected chi connectivity index (χ2v) is 7.32. The smallest absolute Gasteiger partial charge is 0.275 e. The number of ketones is 1. The van der Waals surface area contributed by atoms with E-state index in [2.05, 4.69) is 14.9 Å². The Balaban J connectivity index is 1.34. The number of amides is 2. The second-order valence-electron chi connectivity index (χ2n) is 6.71. The van der Waals surface area contributed by atoms with Crippen LogP contribution in [-0.2, 0) is 4.79 Å². The van der Waals surface area contributed by atoms with E-state index in [4.69, 9.17) is 9.47 Å². The standard InChI is InChI=1S/C18H19N5O5S/c1-11(24)12-6-15-16(28-10-27-15)7-13(12)19-17(25)8-22-2-4-23(5-3-22)18(26)14-9-29-21-20-14/h6-7,9H,2-5,8,10H2,1H3,(H,19,25). The summed E-state index contributed by atoms with van der Waals surface area (Å²) in [5.41, 5.74) is 1.12. The van der Waals surface area contributed by atoms with Crippen molar-refractivity contribution in [1.82, 2.24) is 19.4 Å². The number of aromatic nitrogens is 2. The lowest BCUT2D eigenvalue weighted by Crippen LogP contribution is -2.50. The molecule has 2 aliphatic rings. The molecule has 1 aromatic heterocycles. The van der Waals surface area contributed by atoms with E-state index in [1.807, 2.05) is 4.90 Å². The Labute approximate surface area is 170 Å². The molecule has 152 valence electrons. The number of nitrogens with zero attached hydrogens (tertiary/aromatic N) is 4. The normalized spacial score (nSPS) is 16.0. The van der Waals surface area contributed by atoms with Crippen LogP contribution in [0.4, 0.5) is 5.69 Å². The fraction of sp³-hybridized carbons (Fsp3) is 0.389. The van der Waals surface area contributed by atoms with E-state index in [1.165, 1.54) is 6.92 Å². The van der Waals surface area contributed by atoms with Gasteiger partial charge in [0.15, 0.2) is 23.0 Å². The predicted molar refractivity (Wildman–Crippen MR) is 103 cm³/mol. The predicted octanol–water partition coefficient (Wildman–Crippen LogP) is 0.866. The molecular weight excluding hydrogens is 398 g/mol. The molecule has 29 heavy (non-hydrogen) atoms. The third-order valence-corrected chi connectivity index (χ3v) is 5.28. The maximum absolute atomic E-state index is 12.5. The van der Waals surface area contributed by atoms with Gasteiger partial charge in [0, 0.05) is 43.2 Å². The van der Waals surface area contributed by atoms with E-state index >= 15 is 0 Å². The van der Waals surface area contributed by atoms with Gasteiger partial charge in [0.25, 0.3) is 5.91 Å². The Bertz CT molecular complexity index is 940. The summed E-state index contributed by atoms with van der Waals surface area (Å²) in [6.07, 6.45) is 0. The molecule has 1 fully saturated rings. The molecule has 4 rings (SSSR count). The monoisotopic (exact) mass is 417 g/mol. The number of benzene rings is 1. The number of hydrogen-bond acceptors (Lipinski definition) is 9. The molecule has 11 heteroatoms. The summed E-state index contributed by atoms with van der Waals surface area (Å²) in [5, 5.41) is 8.22. The minimum Gasteiger partial charge on any atom is -0.454 e. The highest BCUT2D eigenvalue weighted by Crippen LogP contribution is 2.37. The maximum Gasteiger partial charge on any atom is 0.275 e. The number of Topliss-reactive ketones (excluding diaryl/α,β-unsaturated/α-hetero) is 1. The zero-order valence-corrected chi connectivity index (χ0v) is 16.5. The van der Waals surface area contributed by atoms with Crippen LogP contribution < -0.4 is 14.8 Å². The van der Waals surface area contributed by atoms with E-state index in [1.54, 1.807) is 22.4 Å². The van der Waals surface area contributed by atoms with Gasteiger partial charge in [-0.1, -0.05) is 4.49 Å². The number of ether oxygens (including phenoxy) is 2. The molecule has 1 N–H and O–H groups in total. The molecule has 0 bridgehead atoms. The van der Waals surface area contributed by atoms with Crippen LogP contribution in [0.2, 0.25) is 0 Å². The fourth-order valence-corrected chi connectivity index (χ4v) is 3.69. The molecule has 3 heterocycles. The maximum atomic E-state index is 12.5. The Hall–Kier alpha value is -3.05. The molecule has 2 aliphatic heterocycles. The van der Waals surface area contributed by atoms with Crippen LogP contribution >= 0.6 is 11.5 Å². The van der Waals surface area contributed by atoms with Gasteiger partial charge in [-0.15, -0.1) is 5.10 Å². The summed E-state index contributed by atoms with van der Waals surface area (Å²) in [7, 11) is 0. The Kier molecular flexibility index (Phi) is 5.41. The molecule has 2 aromatic rings. The first-order valence-electron chi connectivity index (χ1n) is 9.04. The van der Waals surface area contributed by atoms with Gasteiger partial charge in [0.1, 0.15) is 0 Å². The average Bonchev–Trinajstić information content (AvgIpc) is 3.39. The van der Waals surface area contributed by atoms with Crippen LogP contribution in [0.5, 0.6) is 11.5 Å². The zero-order valence-electron chi connectivity index (χ0n) is 15.7. The Morgan fingerprint density at radius 3 is 2.52 bits per heavy atom. The van der Waals surface area contributed by atoms with E-state index in [-0.39, 0.29) is 30.9 Å². The van der Waals surface area contributed by atoms with E-state index in [9.17, 15) is 14.4 Å². The first-order valence-corrected chi connectivity index (χ1v) is 9.88. The van der Waals surface area contributed by atoms with Crippen LogP contribution in [-0.4, -0.2) is 76.5 Å². The van der Waals surface area contributed by atoms with Crippen LogP contribution in [0.25, 0.3) is 0 Å². The number of piperazine rings is 1. The van der Waals surface area contributed by atoms with Crippen molar-refractivity contribution < 1.29 is 23.9 Å². The number of fused-ring (bicyclic) bond motifs is 1. The summed E-state index contributed by atoms with van der Waals surface area (Å²) < 4.78 is 14.3. The van der Waals surface area contributed by atoms with E-state index in [0.717, 1.165) is 11.5 Å². The summed E-state index contributed by atoms with van der Waals surface area (Å²) in [5.74, 6) is 0.421. The van der Waals surface area contributed by atoms with Gasteiger partial charge >= 0.3 is 0 Å². The SMILES string of the molecule is CC(=O)c1cc2c(cc1NC(=O)CN1CCN(C(=O)c3csnn3)CC1)OCO2. The molecule has 1 saturated heterocycles. The molecule has 0 aliphatic carbocycles. The minimum atomic E-state index is -0.241. The highest BCUT2D eigenvalue weighted by Gasteiger charge is 2.25. The third-order valence-electron chi connectivity index (χ3n) is 4.77. The van der Waals surface area contributed by atoms with Crippen molar-refractivity contribution in [3.63, 3.8) is 0 Å². The Morgan fingerprint density at radius 2 is 1.86 bits per heavy atom. The van der Waals surface area contributed by atoms with Gasteiger partial charge in [-0.25, -0.2) is 0 Å². The van der Waals surface area contributed by atoms with Crippen LogP contribution in [0.3, 0.4) is 0 Å². The van der Waals surface area contributed by atoms with E-state index < -0.39 is 0 Å². The lowest BCUT2D eigenvalue weighted by molar-refractivity contribution is -0.117.